The molecule has 110 valence electrons. The zero-order chi connectivity index (χ0) is 15.1. The lowest BCUT2D eigenvalue weighted by Crippen LogP contribution is -2.30. The highest BCUT2D eigenvalue weighted by Crippen LogP contribution is 2.20. The molecule has 0 spiro atoms. The lowest BCUT2D eigenvalue weighted by atomic mass is 10.1. The van der Waals surface area contributed by atoms with Gasteiger partial charge in [-0.25, -0.2) is 5.84 Å². The molecular weight excluding hydrogens is 290 g/mol. The van der Waals surface area contributed by atoms with E-state index in [1.54, 1.807) is 18.2 Å². The van der Waals surface area contributed by atoms with Crippen LogP contribution < -0.4 is 21.3 Å². The first kappa shape index (κ1) is 15.2. The van der Waals surface area contributed by atoms with Gasteiger partial charge in [-0.2, -0.15) is 0 Å². The van der Waals surface area contributed by atoms with Crippen LogP contribution in [0.4, 0.5) is 5.69 Å². The minimum absolute atomic E-state index is 0.393. The van der Waals surface area contributed by atoms with Gasteiger partial charge in [0.2, 0.25) is 0 Å². The fourth-order valence-corrected chi connectivity index (χ4v) is 1.98. The van der Waals surface area contributed by atoms with Crippen molar-refractivity contribution < 1.29 is 9.53 Å². The van der Waals surface area contributed by atoms with E-state index < -0.39 is 5.91 Å². The molecule has 6 heteroatoms. The minimum atomic E-state index is -0.399. The van der Waals surface area contributed by atoms with Crippen LogP contribution in [-0.4, -0.2) is 19.1 Å². The predicted octanol–water partition coefficient (Wildman–Crippen LogP) is 2.43. The highest BCUT2D eigenvalue weighted by atomic mass is 35.5. The maximum Gasteiger partial charge on any atom is 0.267 e. The molecule has 1 amide bonds. The molecule has 2 rings (SSSR count). The van der Waals surface area contributed by atoms with Crippen LogP contribution in [-0.2, 0) is 0 Å². The molecule has 2 aromatic carbocycles. The summed E-state index contributed by atoms with van der Waals surface area (Å²) in [6.45, 7) is 1.01. The zero-order valence-electron chi connectivity index (χ0n) is 11.3. The Labute approximate surface area is 128 Å². The number of nitrogen functional groups attached to an aromatic ring is 1. The van der Waals surface area contributed by atoms with E-state index >= 15 is 0 Å². The molecule has 5 nitrogen and oxygen atoms in total. The third-order valence-electron chi connectivity index (χ3n) is 2.79. The molecule has 0 bridgehead atoms. The van der Waals surface area contributed by atoms with Gasteiger partial charge in [0.05, 0.1) is 5.56 Å². The van der Waals surface area contributed by atoms with E-state index in [0.717, 1.165) is 5.75 Å². The second kappa shape index (κ2) is 7.52. The van der Waals surface area contributed by atoms with Gasteiger partial charge in [0.15, 0.2) is 0 Å². The SMILES string of the molecule is NNC(=O)c1cc(Cl)ccc1NCCOc1ccccc1. The summed E-state index contributed by atoms with van der Waals surface area (Å²) in [5.74, 6) is 5.56. The van der Waals surface area contributed by atoms with Crippen LogP contribution in [0.25, 0.3) is 0 Å². The largest absolute Gasteiger partial charge is 0.492 e. The molecule has 0 atom stereocenters. The highest BCUT2D eigenvalue weighted by Gasteiger charge is 2.10. The fourth-order valence-electron chi connectivity index (χ4n) is 1.81. The monoisotopic (exact) mass is 305 g/mol. The average molecular weight is 306 g/mol. The van der Waals surface area contributed by atoms with Gasteiger partial charge >= 0.3 is 0 Å². The van der Waals surface area contributed by atoms with E-state index in [2.05, 4.69) is 10.7 Å². The Morgan fingerprint density at radius 3 is 2.67 bits per heavy atom. The van der Waals surface area contributed by atoms with Gasteiger partial charge in [-0.3, -0.25) is 10.2 Å². The van der Waals surface area contributed by atoms with Gasteiger partial charge in [-0.05, 0) is 30.3 Å². The van der Waals surface area contributed by atoms with Gasteiger partial charge in [0.25, 0.3) is 5.91 Å². The Balaban J connectivity index is 1.92. The van der Waals surface area contributed by atoms with Crippen molar-refractivity contribution in [2.45, 2.75) is 0 Å². The summed E-state index contributed by atoms with van der Waals surface area (Å²) < 4.78 is 5.56. The van der Waals surface area contributed by atoms with Crippen molar-refractivity contribution in [1.29, 1.82) is 0 Å². The number of rotatable bonds is 6. The number of ether oxygens (including phenoxy) is 1. The number of nitrogens with one attached hydrogen (secondary N) is 2. The van der Waals surface area contributed by atoms with Crippen LogP contribution in [0.5, 0.6) is 5.75 Å². The van der Waals surface area contributed by atoms with E-state index in [0.29, 0.717) is 29.4 Å². The molecule has 0 aliphatic rings. The number of carbonyl (C=O) groups excluding carboxylic acids is 1. The number of nitrogens with two attached hydrogens (primary N) is 1. The maximum atomic E-state index is 11.7. The first-order valence-electron chi connectivity index (χ1n) is 6.43. The van der Waals surface area contributed by atoms with Crippen molar-refractivity contribution in [3.05, 3.63) is 59.1 Å². The summed E-state index contributed by atoms with van der Waals surface area (Å²) in [5, 5.41) is 3.60. The van der Waals surface area contributed by atoms with Crippen LogP contribution in [0.15, 0.2) is 48.5 Å². The van der Waals surface area contributed by atoms with Crippen molar-refractivity contribution in [3.63, 3.8) is 0 Å². The van der Waals surface area contributed by atoms with Gasteiger partial charge in [-0.1, -0.05) is 29.8 Å². The van der Waals surface area contributed by atoms with E-state index in [-0.39, 0.29) is 0 Å². The molecule has 0 aliphatic heterocycles. The highest BCUT2D eigenvalue weighted by molar-refractivity contribution is 6.31. The number of hydrogen-bond acceptors (Lipinski definition) is 4. The van der Waals surface area contributed by atoms with E-state index in [1.807, 2.05) is 30.3 Å². The molecule has 0 fully saturated rings. The lowest BCUT2D eigenvalue weighted by Gasteiger charge is -2.12. The molecular formula is C15H16ClN3O2. The summed E-state index contributed by atoms with van der Waals surface area (Å²) in [6, 6.07) is 14.5. The predicted molar refractivity (Wildman–Crippen MR) is 83.5 cm³/mol. The van der Waals surface area contributed by atoms with Crippen LogP contribution in [0.1, 0.15) is 10.4 Å². The first-order chi connectivity index (χ1) is 10.2. The fraction of sp³-hybridized carbons (Fsp3) is 0.133. The van der Waals surface area contributed by atoms with E-state index in [9.17, 15) is 4.79 Å². The summed E-state index contributed by atoms with van der Waals surface area (Å²) in [4.78, 5) is 11.7. The Hall–Kier alpha value is -2.24. The average Bonchev–Trinajstić information content (AvgIpc) is 2.53. The summed E-state index contributed by atoms with van der Waals surface area (Å²) in [5.41, 5.74) is 3.14. The number of carbonyl (C=O) groups is 1. The smallest absolute Gasteiger partial charge is 0.267 e. The van der Waals surface area contributed by atoms with Crippen molar-refractivity contribution in [3.8, 4) is 5.75 Å². The molecule has 0 heterocycles. The van der Waals surface area contributed by atoms with Crippen LogP contribution in [0.3, 0.4) is 0 Å². The molecule has 0 radical (unpaired) electrons. The Bertz CT molecular complexity index is 605. The molecule has 4 N–H and O–H groups in total. The molecule has 0 aliphatic carbocycles. The normalized spacial score (nSPS) is 10.0. The standard InChI is InChI=1S/C15H16ClN3O2/c16-11-6-7-14(13(10-11)15(20)19-17)18-8-9-21-12-4-2-1-3-5-12/h1-7,10,18H,8-9,17H2,(H,19,20). The molecule has 21 heavy (non-hydrogen) atoms. The quantitative estimate of drug-likeness (QED) is 0.331. The van der Waals surface area contributed by atoms with Gasteiger partial charge < -0.3 is 10.1 Å². The van der Waals surface area contributed by atoms with Crippen LogP contribution >= 0.6 is 11.6 Å². The number of benzene rings is 2. The zero-order valence-corrected chi connectivity index (χ0v) is 12.1. The molecule has 0 unspecified atom stereocenters. The number of para-hydroxylation sites is 1. The van der Waals surface area contributed by atoms with Crippen molar-refractivity contribution in [2.75, 3.05) is 18.5 Å². The van der Waals surface area contributed by atoms with Crippen LogP contribution in [0.2, 0.25) is 5.02 Å². The maximum absolute atomic E-state index is 11.7. The number of hydrazine groups is 1. The van der Waals surface area contributed by atoms with Crippen molar-refractivity contribution in [1.82, 2.24) is 5.43 Å². The Kier molecular flexibility index (Phi) is 5.43. The number of amides is 1. The van der Waals surface area contributed by atoms with Crippen LogP contribution in [0, 0.1) is 0 Å². The third kappa shape index (κ3) is 4.37. The summed E-state index contributed by atoms with van der Waals surface area (Å²) in [7, 11) is 0. The molecule has 0 saturated carbocycles. The Morgan fingerprint density at radius 1 is 1.19 bits per heavy atom. The Morgan fingerprint density at radius 2 is 1.95 bits per heavy atom. The van der Waals surface area contributed by atoms with Gasteiger partial charge in [0.1, 0.15) is 12.4 Å². The van der Waals surface area contributed by atoms with Crippen molar-refractivity contribution >= 4 is 23.2 Å². The number of halogens is 1. The second-order valence-electron chi connectivity index (χ2n) is 4.25. The third-order valence-corrected chi connectivity index (χ3v) is 3.02. The van der Waals surface area contributed by atoms with Crippen molar-refractivity contribution in [2.24, 2.45) is 5.84 Å². The second-order valence-corrected chi connectivity index (χ2v) is 4.69. The van der Waals surface area contributed by atoms with Gasteiger partial charge in [-0.15, -0.1) is 0 Å². The molecule has 0 aromatic heterocycles. The lowest BCUT2D eigenvalue weighted by molar-refractivity contribution is 0.0954. The van der Waals surface area contributed by atoms with E-state index in [1.165, 1.54) is 0 Å². The number of anilines is 1. The van der Waals surface area contributed by atoms with E-state index in [4.69, 9.17) is 22.2 Å². The topological polar surface area (TPSA) is 76.4 Å². The minimum Gasteiger partial charge on any atom is -0.492 e. The molecule has 2 aromatic rings. The molecule has 0 saturated heterocycles. The van der Waals surface area contributed by atoms with Gasteiger partial charge in [0, 0.05) is 17.3 Å². The summed E-state index contributed by atoms with van der Waals surface area (Å²) in [6.07, 6.45) is 0. The number of hydrogen-bond donors (Lipinski definition) is 3. The first-order valence-corrected chi connectivity index (χ1v) is 6.80. The summed E-state index contributed by atoms with van der Waals surface area (Å²) >= 11 is 5.89.